The number of para-hydroxylation sites is 1. The summed E-state index contributed by atoms with van der Waals surface area (Å²) in [6.45, 7) is 4.04. The van der Waals surface area contributed by atoms with Crippen LogP contribution in [0.5, 0.6) is 5.75 Å². The van der Waals surface area contributed by atoms with Crippen LogP contribution in [-0.4, -0.2) is 16.4 Å². The van der Waals surface area contributed by atoms with Crippen molar-refractivity contribution in [2.24, 2.45) is 0 Å². The van der Waals surface area contributed by atoms with E-state index in [1.54, 1.807) is 12.1 Å². The highest BCUT2D eigenvalue weighted by molar-refractivity contribution is 5.93. The SMILES string of the molecule is CC(C)c1c(C=O)cnc2c(O)cccc12. The normalized spacial score (nSPS) is 10.9. The number of carbonyl (C=O) groups excluding carboxylic acids is 1. The molecule has 0 bridgehead atoms. The number of fused-ring (bicyclic) bond motifs is 1. The number of phenols is 1. The monoisotopic (exact) mass is 215 g/mol. The lowest BCUT2D eigenvalue weighted by Gasteiger charge is -2.12. The van der Waals surface area contributed by atoms with Crippen LogP contribution in [0.15, 0.2) is 24.4 Å². The van der Waals surface area contributed by atoms with E-state index in [1.165, 1.54) is 6.20 Å². The van der Waals surface area contributed by atoms with E-state index in [0.717, 1.165) is 17.2 Å². The largest absolute Gasteiger partial charge is 0.506 e. The first-order chi connectivity index (χ1) is 7.65. The molecular weight excluding hydrogens is 202 g/mol. The van der Waals surface area contributed by atoms with Gasteiger partial charge in [-0.05, 0) is 17.5 Å². The number of rotatable bonds is 2. The van der Waals surface area contributed by atoms with Crippen LogP contribution in [0.25, 0.3) is 10.9 Å². The van der Waals surface area contributed by atoms with Crippen LogP contribution in [0, 0.1) is 0 Å². The van der Waals surface area contributed by atoms with E-state index in [0.29, 0.717) is 11.1 Å². The second-order valence-corrected chi connectivity index (χ2v) is 4.07. The predicted octanol–water partition coefficient (Wildman–Crippen LogP) is 2.88. The van der Waals surface area contributed by atoms with Crippen LogP contribution in [0.1, 0.15) is 35.7 Å². The van der Waals surface area contributed by atoms with Crippen molar-refractivity contribution in [2.45, 2.75) is 19.8 Å². The molecule has 0 amide bonds. The van der Waals surface area contributed by atoms with Crippen molar-refractivity contribution >= 4 is 17.2 Å². The van der Waals surface area contributed by atoms with Crippen LogP contribution in [-0.2, 0) is 0 Å². The first-order valence-corrected chi connectivity index (χ1v) is 5.21. The Morgan fingerprint density at radius 2 is 2.12 bits per heavy atom. The molecule has 82 valence electrons. The van der Waals surface area contributed by atoms with Gasteiger partial charge >= 0.3 is 0 Å². The molecule has 0 unspecified atom stereocenters. The third-order valence-electron chi connectivity index (χ3n) is 2.65. The van der Waals surface area contributed by atoms with Gasteiger partial charge in [-0.2, -0.15) is 0 Å². The van der Waals surface area contributed by atoms with E-state index in [9.17, 15) is 9.90 Å². The average Bonchev–Trinajstić information content (AvgIpc) is 2.27. The number of hydrogen-bond donors (Lipinski definition) is 1. The highest BCUT2D eigenvalue weighted by atomic mass is 16.3. The fraction of sp³-hybridized carbons (Fsp3) is 0.231. The molecule has 0 atom stereocenters. The molecular formula is C13H13NO2. The van der Waals surface area contributed by atoms with E-state index in [4.69, 9.17) is 0 Å². The maximum atomic E-state index is 11.0. The second-order valence-electron chi connectivity index (χ2n) is 4.07. The van der Waals surface area contributed by atoms with Gasteiger partial charge in [-0.15, -0.1) is 0 Å². The Morgan fingerprint density at radius 1 is 1.38 bits per heavy atom. The number of benzene rings is 1. The number of aromatic nitrogens is 1. The molecule has 1 aromatic carbocycles. The third kappa shape index (κ3) is 1.54. The molecule has 1 aromatic heterocycles. The molecule has 2 rings (SSSR count). The lowest BCUT2D eigenvalue weighted by Crippen LogP contribution is -1.98. The molecule has 0 saturated heterocycles. The summed E-state index contributed by atoms with van der Waals surface area (Å²) in [6, 6.07) is 5.24. The number of carbonyl (C=O) groups is 1. The first-order valence-electron chi connectivity index (χ1n) is 5.21. The summed E-state index contributed by atoms with van der Waals surface area (Å²) >= 11 is 0. The van der Waals surface area contributed by atoms with Crippen molar-refractivity contribution in [1.82, 2.24) is 4.98 Å². The van der Waals surface area contributed by atoms with E-state index in [-0.39, 0.29) is 11.7 Å². The summed E-state index contributed by atoms with van der Waals surface area (Å²) in [7, 11) is 0. The Balaban J connectivity index is 2.89. The Labute approximate surface area is 93.7 Å². The highest BCUT2D eigenvalue weighted by Crippen LogP contribution is 2.30. The molecule has 0 fully saturated rings. The van der Waals surface area contributed by atoms with Crippen LogP contribution < -0.4 is 0 Å². The van der Waals surface area contributed by atoms with Gasteiger partial charge in [0.05, 0.1) is 0 Å². The van der Waals surface area contributed by atoms with E-state index >= 15 is 0 Å². The van der Waals surface area contributed by atoms with Crippen molar-refractivity contribution in [3.8, 4) is 5.75 Å². The summed E-state index contributed by atoms with van der Waals surface area (Å²) in [6.07, 6.45) is 2.33. The quantitative estimate of drug-likeness (QED) is 0.783. The summed E-state index contributed by atoms with van der Waals surface area (Å²) in [5.41, 5.74) is 2.08. The standard InChI is InChI=1S/C13H13NO2/c1-8(2)12-9(7-15)6-14-13-10(12)4-3-5-11(13)16/h3-8,16H,1-2H3. The molecule has 3 nitrogen and oxygen atoms in total. The zero-order valence-corrected chi connectivity index (χ0v) is 9.27. The van der Waals surface area contributed by atoms with Gasteiger partial charge in [0.2, 0.25) is 0 Å². The van der Waals surface area contributed by atoms with Crippen LogP contribution in [0.2, 0.25) is 0 Å². The minimum atomic E-state index is 0.150. The number of nitrogens with zero attached hydrogens (tertiary/aromatic N) is 1. The van der Waals surface area contributed by atoms with Gasteiger partial charge < -0.3 is 5.11 Å². The summed E-state index contributed by atoms with van der Waals surface area (Å²) in [5.74, 6) is 0.365. The third-order valence-corrected chi connectivity index (χ3v) is 2.65. The Bertz CT molecular complexity index is 547. The van der Waals surface area contributed by atoms with Gasteiger partial charge in [0.15, 0.2) is 6.29 Å². The number of aromatic hydroxyl groups is 1. The fourth-order valence-corrected chi connectivity index (χ4v) is 1.98. The predicted molar refractivity (Wildman–Crippen MR) is 62.9 cm³/mol. The fourth-order valence-electron chi connectivity index (χ4n) is 1.98. The summed E-state index contributed by atoms with van der Waals surface area (Å²) < 4.78 is 0. The number of pyridine rings is 1. The molecule has 2 aromatic rings. The lowest BCUT2D eigenvalue weighted by molar-refractivity contribution is 0.112. The minimum Gasteiger partial charge on any atom is -0.506 e. The van der Waals surface area contributed by atoms with Gasteiger partial charge in [-0.3, -0.25) is 9.78 Å². The highest BCUT2D eigenvalue weighted by Gasteiger charge is 2.13. The van der Waals surface area contributed by atoms with Crippen LogP contribution in [0.3, 0.4) is 0 Å². The van der Waals surface area contributed by atoms with Gasteiger partial charge in [0.25, 0.3) is 0 Å². The van der Waals surface area contributed by atoms with E-state index in [2.05, 4.69) is 4.98 Å². The van der Waals surface area contributed by atoms with Crippen molar-refractivity contribution in [1.29, 1.82) is 0 Å². The molecule has 1 N–H and O–H groups in total. The topological polar surface area (TPSA) is 50.2 Å². The van der Waals surface area contributed by atoms with Gasteiger partial charge in [-0.25, -0.2) is 0 Å². The van der Waals surface area contributed by atoms with Crippen LogP contribution in [0.4, 0.5) is 0 Å². The maximum absolute atomic E-state index is 11.0. The molecule has 0 aliphatic heterocycles. The number of hydrogen-bond acceptors (Lipinski definition) is 3. The number of phenolic OH excluding ortho intramolecular Hbond substituents is 1. The Hall–Kier alpha value is -1.90. The first kappa shape index (κ1) is 10.6. The molecule has 0 spiro atoms. The average molecular weight is 215 g/mol. The molecule has 0 saturated carbocycles. The summed E-state index contributed by atoms with van der Waals surface area (Å²) in [4.78, 5) is 15.1. The second kappa shape index (κ2) is 3.93. The van der Waals surface area contributed by atoms with E-state index < -0.39 is 0 Å². The van der Waals surface area contributed by atoms with Gasteiger partial charge in [0, 0.05) is 17.1 Å². The summed E-state index contributed by atoms with van der Waals surface area (Å²) in [5, 5.41) is 10.5. The minimum absolute atomic E-state index is 0.150. The number of aldehydes is 1. The van der Waals surface area contributed by atoms with Gasteiger partial charge in [-0.1, -0.05) is 26.0 Å². The molecule has 0 aliphatic carbocycles. The maximum Gasteiger partial charge on any atom is 0.151 e. The molecule has 3 heteroatoms. The zero-order valence-electron chi connectivity index (χ0n) is 9.27. The Kier molecular flexibility index (Phi) is 2.60. The Morgan fingerprint density at radius 3 is 2.75 bits per heavy atom. The molecule has 0 aliphatic rings. The smallest absolute Gasteiger partial charge is 0.151 e. The lowest BCUT2D eigenvalue weighted by atomic mass is 9.94. The van der Waals surface area contributed by atoms with Crippen LogP contribution >= 0.6 is 0 Å². The molecule has 1 heterocycles. The molecule has 16 heavy (non-hydrogen) atoms. The van der Waals surface area contributed by atoms with E-state index in [1.807, 2.05) is 19.9 Å². The van der Waals surface area contributed by atoms with Crippen molar-refractivity contribution in [2.75, 3.05) is 0 Å². The van der Waals surface area contributed by atoms with Crippen molar-refractivity contribution in [3.05, 3.63) is 35.5 Å². The molecule has 0 radical (unpaired) electrons. The zero-order chi connectivity index (χ0) is 11.7. The van der Waals surface area contributed by atoms with Gasteiger partial charge in [0.1, 0.15) is 11.3 Å². The van der Waals surface area contributed by atoms with Crippen molar-refractivity contribution < 1.29 is 9.90 Å². The van der Waals surface area contributed by atoms with Crippen molar-refractivity contribution in [3.63, 3.8) is 0 Å².